The standard InChI is InChI=1S/C32H43N3O8Si/c1-19-29(44(4,5)41)27(16-28(38)34-14-6-7-23(34)18-36)43-32(19)25-15-24(42-3)12-13-26(25)35(31(32)40)17-21-8-10-22(11-9-21)33-30(39)20(2)37/h8-13,15,19-20,23,27,29,36-37,41H,6-7,14,16-18H2,1-5H3,(H,33,39)/t19-,20-,23-,27+,29-,32+/m0/s1. The quantitative estimate of drug-likeness (QED) is 0.311. The number of aliphatic hydroxyl groups is 2. The number of carbonyl (C=O) groups excluding carboxylic acids is 3. The molecule has 2 aromatic rings. The van der Waals surface area contributed by atoms with Gasteiger partial charge in [0.1, 0.15) is 11.9 Å². The molecule has 3 amide bonds. The van der Waals surface area contributed by atoms with Gasteiger partial charge in [0.15, 0.2) is 13.9 Å². The van der Waals surface area contributed by atoms with Crippen LogP contribution in [0.3, 0.4) is 0 Å². The van der Waals surface area contributed by atoms with Crippen molar-refractivity contribution in [3.63, 3.8) is 0 Å². The third kappa shape index (κ3) is 5.65. The van der Waals surface area contributed by atoms with E-state index in [1.54, 1.807) is 47.2 Å². The summed E-state index contributed by atoms with van der Waals surface area (Å²) >= 11 is 0. The normalized spacial score (nSPS) is 27.1. The lowest BCUT2D eigenvalue weighted by Gasteiger charge is -2.32. The lowest BCUT2D eigenvalue weighted by molar-refractivity contribution is -0.150. The van der Waals surface area contributed by atoms with E-state index < -0.39 is 43.5 Å². The summed E-state index contributed by atoms with van der Waals surface area (Å²) in [7, 11) is -1.41. The van der Waals surface area contributed by atoms with Gasteiger partial charge in [0, 0.05) is 29.3 Å². The monoisotopic (exact) mass is 625 g/mol. The lowest BCUT2D eigenvalue weighted by Crippen LogP contribution is -2.46. The van der Waals surface area contributed by atoms with E-state index in [-0.39, 0.29) is 37.4 Å². The van der Waals surface area contributed by atoms with Crippen molar-refractivity contribution < 1.29 is 38.9 Å². The van der Waals surface area contributed by atoms with Crippen LogP contribution >= 0.6 is 0 Å². The van der Waals surface area contributed by atoms with Crippen molar-refractivity contribution in [2.75, 3.05) is 30.5 Å². The van der Waals surface area contributed by atoms with Gasteiger partial charge in [0.25, 0.3) is 11.8 Å². The summed E-state index contributed by atoms with van der Waals surface area (Å²) < 4.78 is 12.3. The molecule has 44 heavy (non-hydrogen) atoms. The lowest BCUT2D eigenvalue weighted by atomic mass is 9.82. The van der Waals surface area contributed by atoms with Crippen LogP contribution in [0.4, 0.5) is 11.4 Å². The van der Waals surface area contributed by atoms with E-state index in [0.29, 0.717) is 29.2 Å². The zero-order valence-corrected chi connectivity index (χ0v) is 26.9. The highest BCUT2D eigenvalue weighted by atomic mass is 28.4. The number of nitrogens with zero attached hydrogens (tertiary/aromatic N) is 2. The van der Waals surface area contributed by atoms with Gasteiger partial charge < -0.3 is 39.6 Å². The minimum Gasteiger partial charge on any atom is -0.497 e. The van der Waals surface area contributed by atoms with Gasteiger partial charge in [-0.2, -0.15) is 0 Å². The minimum absolute atomic E-state index is 0.0104. The Hall–Kier alpha value is -3.29. The highest BCUT2D eigenvalue weighted by Crippen LogP contribution is 2.60. The molecule has 1 spiro atoms. The molecule has 0 unspecified atom stereocenters. The van der Waals surface area contributed by atoms with Crippen LogP contribution in [0.1, 0.15) is 44.2 Å². The molecule has 0 aliphatic carbocycles. The minimum atomic E-state index is -2.97. The number of ether oxygens (including phenoxy) is 2. The molecule has 3 heterocycles. The number of rotatable bonds is 9. The third-order valence-electron chi connectivity index (χ3n) is 9.42. The van der Waals surface area contributed by atoms with Crippen molar-refractivity contribution in [2.45, 2.75) is 82.1 Å². The Labute approximate surface area is 258 Å². The summed E-state index contributed by atoms with van der Waals surface area (Å²) in [6.45, 7) is 7.65. The van der Waals surface area contributed by atoms with Gasteiger partial charge >= 0.3 is 0 Å². The molecule has 2 aromatic carbocycles. The summed E-state index contributed by atoms with van der Waals surface area (Å²) in [6.07, 6.45) is -0.260. The average Bonchev–Trinajstić information content (AvgIpc) is 3.64. The summed E-state index contributed by atoms with van der Waals surface area (Å²) in [6, 6.07) is 12.2. The van der Waals surface area contributed by atoms with Gasteiger partial charge in [0.05, 0.1) is 44.5 Å². The van der Waals surface area contributed by atoms with Gasteiger partial charge in [-0.25, -0.2) is 0 Å². The predicted octanol–water partition coefficient (Wildman–Crippen LogP) is 2.73. The third-order valence-corrected chi connectivity index (χ3v) is 11.9. The van der Waals surface area contributed by atoms with Gasteiger partial charge in [0.2, 0.25) is 5.91 Å². The van der Waals surface area contributed by atoms with Crippen molar-refractivity contribution in [3.8, 4) is 5.75 Å². The molecule has 6 atom stereocenters. The molecule has 0 saturated carbocycles. The van der Waals surface area contributed by atoms with Crippen LogP contribution in [-0.4, -0.2) is 84.5 Å². The van der Waals surface area contributed by atoms with Gasteiger partial charge in [-0.3, -0.25) is 14.4 Å². The van der Waals surface area contributed by atoms with Crippen molar-refractivity contribution in [1.82, 2.24) is 4.90 Å². The Morgan fingerprint density at radius 1 is 1.20 bits per heavy atom. The van der Waals surface area contributed by atoms with E-state index in [4.69, 9.17) is 9.47 Å². The molecule has 12 heteroatoms. The SMILES string of the molecule is COc1ccc2c(c1)[C@@]1(O[C@H](CC(=O)N3CCC[C@H]3CO)[C@@H]([Si](C)(C)O)[C@@H]1C)C(=O)N2Cc1ccc(NC(=O)[C@H](C)O)cc1. The largest absolute Gasteiger partial charge is 0.497 e. The van der Waals surface area contributed by atoms with Gasteiger partial charge in [-0.05, 0) is 68.8 Å². The topological polar surface area (TPSA) is 149 Å². The van der Waals surface area contributed by atoms with E-state index in [0.717, 1.165) is 18.4 Å². The Kier molecular flexibility index (Phi) is 8.93. The van der Waals surface area contributed by atoms with E-state index in [9.17, 15) is 29.4 Å². The molecule has 238 valence electrons. The fraction of sp³-hybridized carbons (Fsp3) is 0.531. The number of aliphatic hydroxyl groups excluding tert-OH is 2. The second-order valence-corrected chi connectivity index (χ2v) is 16.7. The Balaban J connectivity index is 1.49. The van der Waals surface area contributed by atoms with Crippen LogP contribution in [0.25, 0.3) is 0 Å². The van der Waals surface area contributed by atoms with Crippen molar-refractivity contribution >= 4 is 37.4 Å². The average molecular weight is 626 g/mol. The Morgan fingerprint density at radius 2 is 1.91 bits per heavy atom. The van der Waals surface area contributed by atoms with E-state index >= 15 is 0 Å². The van der Waals surface area contributed by atoms with Crippen molar-refractivity contribution in [2.24, 2.45) is 5.92 Å². The fourth-order valence-corrected chi connectivity index (χ4v) is 9.86. The van der Waals surface area contributed by atoms with Crippen LogP contribution in [0.2, 0.25) is 18.6 Å². The first-order valence-electron chi connectivity index (χ1n) is 15.2. The van der Waals surface area contributed by atoms with Gasteiger partial charge in [-0.1, -0.05) is 19.1 Å². The van der Waals surface area contributed by atoms with E-state index in [1.165, 1.54) is 6.92 Å². The number of anilines is 2. The first kappa shape index (κ1) is 32.1. The number of benzene rings is 2. The molecule has 3 aliphatic heterocycles. The number of nitrogens with one attached hydrogen (secondary N) is 1. The number of fused-ring (bicyclic) bond motifs is 2. The van der Waals surface area contributed by atoms with Crippen LogP contribution in [0, 0.1) is 5.92 Å². The zero-order chi connectivity index (χ0) is 32.0. The summed E-state index contributed by atoms with van der Waals surface area (Å²) in [5, 5.41) is 22.0. The van der Waals surface area contributed by atoms with Crippen LogP contribution in [-0.2, 0) is 31.3 Å². The molecule has 11 nitrogen and oxygen atoms in total. The maximum atomic E-state index is 14.6. The molecule has 0 radical (unpaired) electrons. The second-order valence-electron chi connectivity index (χ2n) is 12.8. The maximum absolute atomic E-state index is 14.6. The number of methoxy groups -OCH3 is 1. The molecule has 5 rings (SSSR count). The molecular weight excluding hydrogens is 582 g/mol. The molecule has 0 aromatic heterocycles. The fourth-order valence-electron chi connectivity index (χ4n) is 7.31. The Morgan fingerprint density at radius 3 is 2.52 bits per heavy atom. The Bertz CT molecular complexity index is 1410. The smallest absolute Gasteiger partial charge is 0.264 e. The highest BCUT2D eigenvalue weighted by molar-refractivity contribution is 6.71. The first-order chi connectivity index (χ1) is 20.8. The van der Waals surface area contributed by atoms with Crippen LogP contribution in [0.15, 0.2) is 42.5 Å². The molecule has 4 N–H and O–H groups in total. The maximum Gasteiger partial charge on any atom is 0.264 e. The highest BCUT2D eigenvalue weighted by Gasteiger charge is 2.66. The van der Waals surface area contributed by atoms with Crippen molar-refractivity contribution in [3.05, 3.63) is 53.6 Å². The van der Waals surface area contributed by atoms with Crippen LogP contribution < -0.4 is 15.0 Å². The molecule has 0 bridgehead atoms. The molecular formula is C32H43N3O8Si. The summed E-state index contributed by atoms with van der Waals surface area (Å²) in [4.78, 5) is 55.0. The molecule has 3 aliphatic rings. The molecule has 2 saturated heterocycles. The first-order valence-corrected chi connectivity index (χ1v) is 18.2. The van der Waals surface area contributed by atoms with Crippen molar-refractivity contribution in [1.29, 1.82) is 0 Å². The van der Waals surface area contributed by atoms with Crippen LogP contribution in [0.5, 0.6) is 5.75 Å². The summed E-state index contributed by atoms with van der Waals surface area (Å²) in [5.74, 6) is -0.812. The number of hydrogen-bond acceptors (Lipinski definition) is 8. The summed E-state index contributed by atoms with van der Waals surface area (Å²) in [5.41, 5.74) is 0.788. The zero-order valence-electron chi connectivity index (χ0n) is 25.9. The number of hydrogen-bond donors (Lipinski definition) is 4. The second kappa shape index (κ2) is 12.2. The van der Waals surface area contributed by atoms with E-state index in [1.807, 2.05) is 32.2 Å². The predicted molar refractivity (Wildman–Crippen MR) is 167 cm³/mol. The van der Waals surface area contributed by atoms with Gasteiger partial charge in [-0.15, -0.1) is 0 Å². The number of amides is 3. The number of carbonyl (C=O) groups is 3. The molecule has 2 fully saturated rings. The number of likely N-dealkylation sites (tertiary alicyclic amines) is 1. The van der Waals surface area contributed by atoms with E-state index in [2.05, 4.69) is 5.32 Å².